The fraction of sp³-hybridized carbons (Fsp3) is 0.571. The Balaban J connectivity index is 2.93. The van der Waals surface area contributed by atoms with Gasteiger partial charge in [0.15, 0.2) is 0 Å². The molecule has 0 radical (unpaired) electrons. The summed E-state index contributed by atoms with van der Waals surface area (Å²) in [4.78, 5) is 0.296. The van der Waals surface area contributed by atoms with E-state index in [9.17, 15) is 8.42 Å². The van der Waals surface area contributed by atoms with Crippen LogP contribution in [0, 0.1) is 5.92 Å². The molecule has 0 fully saturated rings. The van der Waals surface area contributed by atoms with Gasteiger partial charge in [0.1, 0.15) is 0 Å². The predicted molar refractivity (Wildman–Crippen MR) is 76.6 cm³/mol. The molecule has 5 heteroatoms. The van der Waals surface area contributed by atoms with E-state index in [1.165, 1.54) is 11.4 Å². The van der Waals surface area contributed by atoms with Gasteiger partial charge < -0.3 is 5.11 Å². The van der Waals surface area contributed by atoms with Gasteiger partial charge in [0, 0.05) is 20.2 Å². The van der Waals surface area contributed by atoms with Crippen molar-refractivity contribution in [3.05, 3.63) is 29.8 Å². The number of rotatable bonds is 6. The van der Waals surface area contributed by atoms with Gasteiger partial charge in [0.05, 0.1) is 4.90 Å². The smallest absolute Gasteiger partial charge is 0.242 e. The van der Waals surface area contributed by atoms with E-state index in [2.05, 4.69) is 13.8 Å². The quantitative estimate of drug-likeness (QED) is 0.870. The molecular formula is C14H23NO3S. The minimum atomic E-state index is -3.46. The van der Waals surface area contributed by atoms with E-state index in [4.69, 9.17) is 5.11 Å². The van der Waals surface area contributed by atoms with Crippen LogP contribution in [-0.4, -0.2) is 38.0 Å². The maximum Gasteiger partial charge on any atom is 0.242 e. The van der Waals surface area contributed by atoms with Crippen LogP contribution in [0.5, 0.6) is 0 Å². The van der Waals surface area contributed by atoms with Crippen LogP contribution in [0.25, 0.3) is 0 Å². The minimum Gasteiger partial charge on any atom is -0.396 e. The molecular weight excluding hydrogens is 262 g/mol. The fourth-order valence-electron chi connectivity index (χ4n) is 1.80. The van der Waals surface area contributed by atoms with Gasteiger partial charge in [0.25, 0.3) is 0 Å². The number of aliphatic hydroxyl groups excluding tert-OH is 1. The number of nitrogens with zero attached hydrogens (tertiary/aromatic N) is 1. The third kappa shape index (κ3) is 4.03. The van der Waals surface area contributed by atoms with Gasteiger partial charge in [-0.2, -0.15) is 0 Å². The summed E-state index contributed by atoms with van der Waals surface area (Å²) < 4.78 is 25.9. The Labute approximate surface area is 116 Å². The van der Waals surface area contributed by atoms with E-state index in [0.717, 1.165) is 5.56 Å². The van der Waals surface area contributed by atoms with E-state index < -0.39 is 10.0 Å². The molecule has 0 spiro atoms. The van der Waals surface area contributed by atoms with E-state index in [-0.39, 0.29) is 12.5 Å². The molecule has 1 unspecified atom stereocenters. The third-order valence-electron chi connectivity index (χ3n) is 3.14. The van der Waals surface area contributed by atoms with Crippen LogP contribution in [0.1, 0.15) is 32.3 Å². The van der Waals surface area contributed by atoms with Crippen molar-refractivity contribution in [1.82, 2.24) is 4.31 Å². The van der Waals surface area contributed by atoms with Crippen molar-refractivity contribution >= 4 is 10.0 Å². The molecule has 0 heterocycles. The first-order valence-corrected chi connectivity index (χ1v) is 7.90. The molecule has 1 N–H and O–H groups in total. The molecule has 4 nitrogen and oxygen atoms in total. The first-order valence-electron chi connectivity index (χ1n) is 6.46. The summed E-state index contributed by atoms with van der Waals surface area (Å²) in [7, 11) is -1.92. The van der Waals surface area contributed by atoms with Crippen LogP contribution in [0.2, 0.25) is 0 Å². The molecule has 1 aromatic carbocycles. The van der Waals surface area contributed by atoms with E-state index in [1.54, 1.807) is 12.1 Å². The standard InChI is InChI=1S/C14H23NO3S/c1-11(2)13-5-7-14(8-6-13)19(17,18)15(4)9-12(3)10-16/h5-8,11-12,16H,9-10H2,1-4H3. The maximum atomic E-state index is 12.3. The Hall–Kier alpha value is -0.910. The molecule has 0 bridgehead atoms. The van der Waals surface area contributed by atoms with Crippen LogP contribution < -0.4 is 0 Å². The average molecular weight is 285 g/mol. The zero-order chi connectivity index (χ0) is 14.6. The van der Waals surface area contributed by atoms with Gasteiger partial charge in [-0.3, -0.25) is 0 Å². The van der Waals surface area contributed by atoms with Gasteiger partial charge in [-0.25, -0.2) is 12.7 Å². The van der Waals surface area contributed by atoms with Crippen LogP contribution in [0.3, 0.4) is 0 Å². The molecule has 108 valence electrons. The normalized spacial score (nSPS) is 14.1. The molecule has 0 aliphatic carbocycles. The highest BCUT2D eigenvalue weighted by molar-refractivity contribution is 7.89. The van der Waals surface area contributed by atoms with Crippen LogP contribution in [0.4, 0.5) is 0 Å². The Morgan fingerprint density at radius 3 is 2.11 bits per heavy atom. The first-order chi connectivity index (χ1) is 8.78. The predicted octanol–water partition coefficient (Wildman–Crippen LogP) is 2.06. The van der Waals surface area contributed by atoms with Crippen molar-refractivity contribution in [1.29, 1.82) is 0 Å². The molecule has 0 saturated heterocycles. The summed E-state index contributed by atoms with van der Waals surface area (Å²) in [6.45, 7) is 6.24. The van der Waals surface area contributed by atoms with Crippen LogP contribution in [0.15, 0.2) is 29.2 Å². The van der Waals surface area contributed by atoms with E-state index in [0.29, 0.717) is 17.4 Å². The number of hydrogen-bond acceptors (Lipinski definition) is 3. The summed E-state index contributed by atoms with van der Waals surface area (Å²) in [5.41, 5.74) is 1.12. The van der Waals surface area contributed by atoms with Crippen molar-refractivity contribution in [2.24, 2.45) is 5.92 Å². The van der Waals surface area contributed by atoms with Gasteiger partial charge in [-0.05, 0) is 29.5 Å². The number of hydrogen-bond donors (Lipinski definition) is 1. The molecule has 0 aliphatic heterocycles. The van der Waals surface area contributed by atoms with Crippen molar-refractivity contribution in [2.45, 2.75) is 31.6 Å². The first kappa shape index (κ1) is 16.1. The SMILES string of the molecule is CC(CO)CN(C)S(=O)(=O)c1ccc(C(C)C)cc1. The van der Waals surface area contributed by atoms with Crippen LogP contribution in [-0.2, 0) is 10.0 Å². The summed E-state index contributed by atoms with van der Waals surface area (Å²) in [5.74, 6) is 0.304. The second-order valence-corrected chi connectivity index (χ2v) is 7.34. The molecule has 1 rings (SSSR count). The van der Waals surface area contributed by atoms with Crippen molar-refractivity contribution < 1.29 is 13.5 Å². The summed E-state index contributed by atoms with van der Waals surface area (Å²) in [6, 6.07) is 6.98. The van der Waals surface area contributed by atoms with Gasteiger partial charge in [-0.15, -0.1) is 0 Å². The lowest BCUT2D eigenvalue weighted by Crippen LogP contribution is -2.32. The molecule has 1 atom stereocenters. The highest BCUT2D eigenvalue weighted by Gasteiger charge is 2.22. The largest absolute Gasteiger partial charge is 0.396 e. The van der Waals surface area contributed by atoms with Crippen molar-refractivity contribution in [3.63, 3.8) is 0 Å². The molecule has 19 heavy (non-hydrogen) atoms. The number of aliphatic hydroxyl groups is 1. The molecule has 0 saturated carbocycles. The number of sulfonamides is 1. The summed E-state index contributed by atoms with van der Waals surface area (Å²) >= 11 is 0. The van der Waals surface area contributed by atoms with Gasteiger partial charge in [-0.1, -0.05) is 32.9 Å². The number of benzene rings is 1. The molecule has 0 aliphatic rings. The topological polar surface area (TPSA) is 57.6 Å². The summed E-state index contributed by atoms with van der Waals surface area (Å²) in [5, 5.41) is 9.00. The van der Waals surface area contributed by atoms with Gasteiger partial charge in [0.2, 0.25) is 10.0 Å². The van der Waals surface area contributed by atoms with Gasteiger partial charge >= 0.3 is 0 Å². The third-order valence-corrected chi connectivity index (χ3v) is 4.97. The van der Waals surface area contributed by atoms with E-state index in [1.807, 2.05) is 19.1 Å². The summed E-state index contributed by atoms with van der Waals surface area (Å²) in [6.07, 6.45) is 0. The fourth-order valence-corrected chi connectivity index (χ4v) is 3.09. The monoisotopic (exact) mass is 285 g/mol. The van der Waals surface area contributed by atoms with Crippen molar-refractivity contribution in [3.8, 4) is 0 Å². The Bertz CT molecular complexity index is 494. The average Bonchev–Trinajstić information content (AvgIpc) is 2.38. The molecule has 1 aromatic rings. The zero-order valence-corrected chi connectivity index (χ0v) is 12.8. The van der Waals surface area contributed by atoms with Crippen molar-refractivity contribution in [2.75, 3.05) is 20.2 Å². The highest BCUT2D eigenvalue weighted by Crippen LogP contribution is 2.20. The Kier molecular flexibility index (Phi) is 5.52. The maximum absolute atomic E-state index is 12.3. The Morgan fingerprint density at radius 1 is 1.16 bits per heavy atom. The Morgan fingerprint density at radius 2 is 1.68 bits per heavy atom. The minimum absolute atomic E-state index is 0.0217. The van der Waals surface area contributed by atoms with Crippen LogP contribution >= 0.6 is 0 Å². The zero-order valence-electron chi connectivity index (χ0n) is 12.0. The lowest BCUT2D eigenvalue weighted by molar-refractivity contribution is 0.219. The molecule has 0 amide bonds. The lowest BCUT2D eigenvalue weighted by Gasteiger charge is -2.20. The molecule has 0 aromatic heterocycles. The second-order valence-electron chi connectivity index (χ2n) is 5.30. The lowest BCUT2D eigenvalue weighted by atomic mass is 10.0. The second kappa shape index (κ2) is 6.50. The van der Waals surface area contributed by atoms with E-state index >= 15 is 0 Å². The highest BCUT2D eigenvalue weighted by atomic mass is 32.2.